The molecule has 0 aromatic heterocycles. The molecule has 0 aliphatic carbocycles. The molecule has 0 unspecified atom stereocenters. The molecular weight excluding hydrogens is 438 g/mol. The molecule has 0 spiro atoms. The number of benzene rings is 3. The molecule has 1 heterocycles. The minimum atomic E-state index is -4.13. The molecular formula is C25H25N3O4S. The maximum Gasteiger partial charge on any atom is 0.343 e. The third-order valence-corrected chi connectivity index (χ3v) is 7.26. The van der Waals surface area contributed by atoms with Crippen LogP contribution in [0.15, 0.2) is 83.8 Å². The van der Waals surface area contributed by atoms with E-state index in [1.165, 1.54) is 17.0 Å². The van der Waals surface area contributed by atoms with Crippen molar-refractivity contribution in [2.24, 2.45) is 0 Å². The molecule has 1 aliphatic rings. The van der Waals surface area contributed by atoms with Gasteiger partial charge in [0.05, 0.1) is 11.4 Å². The summed E-state index contributed by atoms with van der Waals surface area (Å²) in [6, 6.07) is 21.7. The number of amides is 3. The number of urea groups is 1. The number of nitrogens with one attached hydrogen (secondary N) is 1. The third-order valence-electron chi connectivity index (χ3n) is 5.51. The number of anilines is 2. The Morgan fingerprint density at radius 3 is 2.21 bits per heavy atom. The second-order valence-electron chi connectivity index (χ2n) is 8.11. The van der Waals surface area contributed by atoms with Crippen LogP contribution < -0.4 is 14.5 Å². The van der Waals surface area contributed by atoms with Crippen LogP contribution in [0.5, 0.6) is 0 Å². The van der Waals surface area contributed by atoms with Crippen LogP contribution in [0.2, 0.25) is 0 Å². The predicted molar refractivity (Wildman–Crippen MR) is 128 cm³/mol. The number of para-hydroxylation sites is 1. The van der Waals surface area contributed by atoms with Crippen LogP contribution in [0, 0.1) is 0 Å². The Hall–Kier alpha value is -3.65. The van der Waals surface area contributed by atoms with Gasteiger partial charge in [-0.15, -0.1) is 0 Å². The smallest absolute Gasteiger partial charge is 0.343 e. The molecule has 0 atom stereocenters. The highest BCUT2D eigenvalue weighted by Crippen LogP contribution is 2.37. The van der Waals surface area contributed by atoms with E-state index in [0.29, 0.717) is 6.54 Å². The van der Waals surface area contributed by atoms with Crippen LogP contribution in [0.4, 0.5) is 16.2 Å². The lowest BCUT2D eigenvalue weighted by Crippen LogP contribution is -2.53. The average Bonchev–Trinajstić information content (AvgIpc) is 2.81. The van der Waals surface area contributed by atoms with Crippen LogP contribution in [0.25, 0.3) is 0 Å². The first-order valence-electron chi connectivity index (χ1n) is 10.7. The maximum atomic E-state index is 13.4. The van der Waals surface area contributed by atoms with Gasteiger partial charge in [0, 0.05) is 6.54 Å². The summed E-state index contributed by atoms with van der Waals surface area (Å²) in [4.78, 5) is 27.3. The zero-order chi connectivity index (χ0) is 23.6. The van der Waals surface area contributed by atoms with E-state index in [9.17, 15) is 18.0 Å². The Labute approximate surface area is 193 Å². The molecule has 1 aliphatic heterocycles. The number of nitrogens with zero attached hydrogens (tertiary/aromatic N) is 2. The van der Waals surface area contributed by atoms with Gasteiger partial charge >= 0.3 is 6.03 Å². The highest BCUT2D eigenvalue weighted by molar-refractivity contribution is 7.94. The Bertz CT molecular complexity index is 1270. The van der Waals surface area contributed by atoms with E-state index in [2.05, 4.69) is 5.32 Å². The van der Waals surface area contributed by atoms with Crippen LogP contribution >= 0.6 is 0 Å². The lowest BCUT2D eigenvalue weighted by Gasteiger charge is -2.35. The Kier molecular flexibility index (Phi) is 6.20. The van der Waals surface area contributed by atoms with Gasteiger partial charge in [0.25, 0.3) is 10.0 Å². The molecule has 0 saturated carbocycles. The molecule has 8 heteroatoms. The lowest BCUT2D eigenvalue weighted by molar-refractivity contribution is -0.119. The van der Waals surface area contributed by atoms with Gasteiger partial charge in [-0.3, -0.25) is 9.69 Å². The second-order valence-corrected chi connectivity index (χ2v) is 9.87. The van der Waals surface area contributed by atoms with Crippen molar-refractivity contribution in [2.75, 3.05) is 15.7 Å². The monoisotopic (exact) mass is 463 g/mol. The van der Waals surface area contributed by atoms with Gasteiger partial charge in [0.1, 0.15) is 11.4 Å². The first-order valence-corrected chi connectivity index (χ1v) is 12.1. The van der Waals surface area contributed by atoms with Gasteiger partial charge in [-0.2, -0.15) is 4.31 Å². The van der Waals surface area contributed by atoms with Crippen molar-refractivity contribution in [1.82, 2.24) is 5.32 Å². The van der Waals surface area contributed by atoms with Crippen LogP contribution in [0.3, 0.4) is 0 Å². The van der Waals surface area contributed by atoms with Crippen molar-refractivity contribution in [3.63, 3.8) is 0 Å². The largest absolute Gasteiger partial charge is 0.350 e. The van der Waals surface area contributed by atoms with Crippen LogP contribution in [-0.2, 0) is 21.4 Å². The number of hydrogen-bond donors (Lipinski definition) is 1. The van der Waals surface area contributed by atoms with Crippen molar-refractivity contribution in [1.29, 1.82) is 0 Å². The molecule has 3 amide bonds. The first kappa shape index (κ1) is 22.5. The molecule has 0 bridgehead atoms. The summed E-state index contributed by atoms with van der Waals surface area (Å²) in [7, 11) is -4.13. The van der Waals surface area contributed by atoms with Crippen molar-refractivity contribution < 1.29 is 18.0 Å². The summed E-state index contributed by atoms with van der Waals surface area (Å²) in [6.07, 6.45) is 0. The zero-order valence-electron chi connectivity index (χ0n) is 18.4. The summed E-state index contributed by atoms with van der Waals surface area (Å²) >= 11 is 0. The fourth-order valence-electron chi connectivity index (χ4n) is 3.70. The Morgan fingerprint density at radius 2 is 1.55 bits per heavy atom. The third kappa shape index (κ3) is 4.47. The van der Waals surface area contributed by atoms with Crippen molar-refractivity contribution in [3.8, 4) is 0 Å². The van der Waals surface area contributed by atoms with E-state index in [0.717, 1.165) is 15.4 Å². The van der Waals surface area contributed by atoms with E-state index in [1.807, 2.05) is 44.2 Å². The van der Waals surface area contributed by atoms with Gasteiger partial charge in [-0.1, -0.05) is 68.4 Å². The normalized spacial score (nSPS) is 14.8. The minimum Gasteiger partial charge on any atom is -0.350 e. The van der Waals surface area contributed by atoms with Crippen LogP contribution in [-0.4, -0.2) is 26.9 Å². The first-order chi connectivity index (χ1) is 15.8. The Morgan fingerprint density at radius 1 is 0.909 bits per heavy atom. The Balaban J connectivity index is 1.65. The number of carbonyl (C=O) groups excluding carboxylic acids is 2. The molecule has 0 fully saturated rings. The van der Waals surface area contributed by atoms with E-state index in [1.54, 1.807) is 36.4 Å². The highest BCUT2D eigenvalue weighted by atomic mass is 32.2. The number of carbonyl (C=O) groups is 2. The quantitative estimate of drug-likeness (QED) is 0.592. The summed E-state index contributed by atoms with van der Waals surface area (Å²) in [5, 5.41) is 2.79. The summed E-state index contributed by atoms with van der Waals surface area (Å²) in [5.41, 5.74) is 2.37. The second kappa shape index (κ2) is 9.07. The molecule has 33 heavy (non-hydrogen) atoms. The number of fused-ring (bicyclic) bond motifs is 1. The summed E-state index contributed by atoms with van der Waals surface area (Å²) in [6.45, 7) is 4.06. The van der Waals surface area contributed by atoms with Gasteiger partial charge < -0.3 is 5.32 Å². The minimum absolute atomic E-state index is 0.0200. The van der Waals surface area contributed by atoms with Crippen molar-refractivity contribution in [2.45, 2.75) is 31.2 Å². The molecule has 170 valence electrons. The van der Waals surface area contributed by atoms with Gasteiger partial charge in [-0.25, -0.2) is 13.2 Å². The fraction of sp³-hybridized carbons (Fsp3) is 0.200. The van der Waals surface area contributed by atoms with E-state index >= 15 is 0 Å². The molecule has 3 aromatic rings. The highest BCUT2D eigenvalue weighted by Gasteiger charge is 2.43. The predicted octanol–water partition coefficient (Wildman–Crippen LogP) is 4.26. The summed E-state index contributed by atoms with van der Waals surface area (Å²) in [5.74, 6) is -0.130. The standard InChI is InChI=1S/C25H25N3O4S/c1-18(2)20-12-14-21(15-13-20)28-25(30)27(22-10-6-7-11-23(22)33(28,31)32)17-24(29)26-16-19-8-4-3-5-9-19/h3-15,18H,16-17H2,1-2H3,(H,26,29). The molecule has 3 aromatic carbocycles. The molecule has 4 rings (SSSR count). The topological polar surface area (TPSA) is 86.8 Å². The number of hydrogen-bond acceptors (Lipinski definition) is 4. The molecule has 1 N–H and O–H groups in total. The fourth-order valence-corrected chi connectivity index (χ4v) is 5.30. The lowest BCUT2D eigenvalue weighted by atomic mass is 10.0. The van der Waals surface area contributed by atoms with Crippen molar-refractivity contribution >= 4 is 33.3 Å². The zero-order valence-corrected chi connectivity index (χ0v) is 19.2. The van der Waals surface area contributed by atoms with Crippen molar-refractivity contribution in [3.05, 3.63) is 90.0 Å². The maximum absolute atomic E-state index is 13.4. The number of rotatable bonds is 6. The molecule has 7 nitrogen and oxygen atoms in total. The summed E-state index contributed by atoms with van der Waals surface area (Å²) < 4.78 is 27.5. The van der Waals surface area contributed by atoms with Crippen LogP contribution in [0.1, 0.15) is 30.9 Å². The molecule has 0 radical (unpaired) electrons. The van der Waals surface area contributed by atoms with E-state index in [4.69, 9.17) is 0 Å². The number of sulfonamides is 1. The van der Waals surface area contributed by atoms with Gasteiger partial charge in [-0.05, 0) is 41.3 Å². The van der Waals surface area contributed by atoms with Gasteiger partial charge in [0.2, 0.25) is 5.91 Å². The van der Waals surface area contributed by atoms with E-state index in [-0.39, 0.29) is 28.7 Å². The molecule has 0 saturated heterocycles. The SMILES string of the molecule is CC(C)c1ccc(N2C(=O)N(CC(=O)NCc3ccccc3)c3ccccc3S2(=O)=O)cc1. The average molecular weight is 464 g/mol. The van der Waals surface area contributed by atoms with E-state index < -0.39 is 22.0 Å². The van der Waals surface area contributed by atoms with Gasteiger partial charge in [0.15, 0.2) is 0 Å².